The summed E-state index contributed by atoms with van der Waals surface area (Å²) in [7, 11) is 1.47. The number of methoxy groups -OCH3 is 1. The first-order valence-electron chi connectivity index (χ1n) is 6.83. The molecule has 6 heteroatoms. The van der Waals surface area contributed by atoms with Crippen LogP contribution >= 0.6 is 0 Å². The van der Waals surface area contributed by atoms with Gasteiger partial charge in [0.15, 0.2) is 0 Å². The molecule has 0 saturated carbocycles. The van der Waals surface area contributed by atoms with Crippen molar-refractivity contribution < 1.29 is 18.7 Å². The van der Waals surface area contributed by atoms with Crippen molar-refractivity contribution in [1.29, 1.82) is 0 Å². The molecule has 1 unspecified atom stereocenters. The van der Waals surface area contributed by atoms with Crippen LogP contribution in [0.25, 0.3) is 0 Å². The third-order valence-corrected chi connectivity index (χ3v) is 3.88. The fourth-order valence-corrected chi connectivity index (χ4v) is 2.88. The number of nitrogens with zero attached hydrogens (tertiary/aromatic N) is 1. The van der Waals surface area contributed by atoms with Gasteiger partial charge >= 0.3 is 0 Å². The van der Waals surface area contributed by atoms with Gasteiger partial charge in [-0.15, -0.1) is 0 Å². The van der Waals surface area contributed by atoms with Crippen molar-refractivity contribution in [3.63, 3.8) is 0 Å². The molecule has 5 nitrogen and oxygen atoms in total. The number of likely N-dealkylation sites (tertiary alicyclic amines) is 1. The van der Waals surface area contributed by atoms with Crippen molar-refractivity contribution in [3.05, 3.63) is 35.6 Å². The fourth-order valence-electron chi connectivity index (χ4n) is 2.88. The van der Waals surface area contributed by atoms with Crippen LogP contribution in [0, 0.1) is 5.82 Å². The van der Waals surface area contributed by atoms with E-state index >= 15 is 0 Å². The Kier molecular flexibility index (Phi) is 4.57. The number of carbonyl (C=O) groups is 2. The molecule has 1 aromatic carbocycles. The third-order valence-electron chi connectivity index (χ3n) is 3.88. The molecular weight excluding hydrogens is 275 g/mol. The Labute approximate surface area is 122 Å². The van der Waals surface area contributed by atoms with Crippen LogP contribution in [0.15, 0.2) is 24.3 Å². The molecule has 21 heavy (non-hydrogen) atoms. The van der Waals surface area contributed by atoms with E-state index in [2.05, 4.69) is 0 Å². The number of carbonyl (C=O) groups excluding carboxylic acids is 2. The van der Waals surface area contributed by atoms with Gasteiger partial charge in [-0.25, -0.2) is 4.39 Å². The van der Waals surface area contributed by atoms with E-state index < -0.39 is 11.4 Å². The molecule has 0 spiro atoms. The number of halogens is 1. The second kappa shape index (κ2) is 6.22. The zero-order chi connectivity index (χ0) is 15.5. The van der Waals surface area contributed by atoms with Crippen molar-refractivity contribution in [2.45, 2.75) is 24.8 Å². The van der Waals surface area contributed by atoms with Gasteiger partial charge in [0.25, 0.3) is 0 Å². The van der Waals surface area contributed by atoms with Gasteiger partial charge in [0, 0.05) is 13.7 Å². The maximum Gasteiger partial charge on any atom is 0.245 e. The molecule has 1 fully saturated rings. The van der Waals surface area contributed by atoms with Crippen molar-refractivity contribution >= 4 is 11.8 Å². The van der Waals surface area contributed by atoms with E-state index in [0.717, 1.165) is 0 Å². The molecule has 2 N–H and O–H groups in total. The minimum Gasteiger partial charge on any atom is -0.382 e. The number of rotatable bonds is 5. The minimum atomic E-state index is -1.08. The number of hydrogen-bond acceptors (Lipinski definition) is 3. The molecule has 1 aliphatic heterocycles. The van der Waals surface area contributed by atoms with Crippen LogP contribution in [0.1, 0.15) is 18.4 Å². The molecule has 1 atom stereocenters. The standard InChI is InChI=1S/C15H19FN2O3/c1-21-10-15(14(17)20)6-3-7-18(15)13(19)9-11-4-2-5-12(16)8-11/h2,4-5,8H,3,6-7,9-10H2,1H3,(H2,17,20). The second-order valence-electron chi connectivity index (χ2n) is 5.28. The molecule has 0 aliphatic carbocycles. The fraction of sp³-hybridized carbons (Fsp3) is 0.467. The summed E-state index contributed by atoms with van der Waals surface area (Å²) in [6, 6.07) is 5.87. The molecule has 0 bridgehead atoms. The van der Waals surface area contributed by atoms with Crippen LogP contribution in [-0.2, 0) is 20.7 Å². The molecular formula is C15H19FN2O3. The first-order valence-corrected chi connectivity index (χ1v) is 6.83. The summed E-state index contributed by atoms with van der Waals surface area (Å²) in [5.41, 5.74) is 4.98. The number of benzene rings is 1. The number of amides is 2. The number of nitrogens with two attached hydrogens (primary N) is 1. The van der Waals surface area contributed by atoms with Crippen molar-refractivity contribution in [2.24, 2.45) is 5.73 Å². The molecule has 2 rings (SSSR count). The van der Waals surface area contributed by atoms with E-state index in [0.29, 0.717) is 24.9 Å². The molecule has 1 aliphatic rings. The molecule has 1 aromatic rings. The predicted octanol–water partition coefficient (Wildman–Crippen LogP) is 0.861. The summed E-state index contributed by atoms with van der Waals surface area (Å²) in [4.78, 5) is 25.8. The lowest BCUT2D eigenvalue weighted by atomic mass is 9.95. The highest BCUT2D eigenvalue weighted by molar-refractivity contribution is 5.92. The number of ether oxygens (including phenoxy) is 1. The molecule has 0 aromatic heterocycles. The van der Waals surface area contributed by atoms with E-state index in [-0.39, 0.29) is 24.8 Å². The lowest BCUT2D eigenvalue weighted by molar-refractivity contribution is -0.146. The van der Waals surface area contributed by atoms with Crippen LogP contribution in [0.2, 0.25) is 0 Å². The van der Waals surface area contributed by atoms with Crippen molar-refractivity contribution in [2.75, 3.05) is 20.3 Å². The quantitative estimate of drug-likeness (QED) is 0.875. The van der Waals surface area contributed by atoms with Gasteiger partial charge in [-0.1, -0.05) is 12.1 Å². The lowest BCUT2D eigenvalue weighted by Gasteiger charge is -2.35. The topological polar surface area (TPSA) is 72.6 Å². The van der Waals surface area contributed by atoms with Gasteiger partial charge in [0.2, 0.25) is 11.8 Å². The maximum atomic E-state index is 13.2. The SMILES string of the molecule is COCC1(C(N)=O)CCCN1C(=O)Cc1cccc(F)c1. The Hall–Kier alpha value is -1.95. The van der Waals surface area contributed by atoms with Gasteiger partial charge < -0.3 is 15.4 Å². The average molecular weight is 294 g/mol. The summed E-state index contributed by atoms with van der Waals surface area (Å²) in [6.45, 7) is 0.539. The van der Waals surface area contributed by atoms with E-state index in [9.17, 15) is 14.0 Å². The van der Waals surface area contributed by atoms with Crippen LogP contribution in [0.5, 0.6) is 0 Å². The van der Waals surface area contributed by atoms with Crippen LogP contribution in [-0.4, -0.2) is 42.5 Å². The zero-order valence-corrected chi connectivity index (χ0v) is 12.0. The predicted molar refractivity (Wildman–Crippen MR) is 74.9 cm³/mol. The Morgan fingerprint density at radius 1 is 1.48 bits per heavy atom. The van der Waals surface area contributed by atoms with Gasteiger partial charge in [-0.05, 0) is 30.5 Å². The van der Waals surface area contributed by atoms with Crippen LogP contribution < -0.4 is 5.73 Å². The largest absolute Gasteiger partial charge is 0.382 e. The monoisotopic (exact) mass is 294 g/mol. The second-order valence-corrected chi connectivity index (χ2v) is 5.28. The molecule has 114 valence electrons. The maximum absolute atomic E-state index is 13.2. The van der Waals surface area contributed by atoms with Gasteiger partial charge in [-0.2, -0.15) is 0 Å². The normalized spacial score (nSPS) is 21.5. The van der Waals surface area contributed by atoms with Crippen molar-refractivity contribution in [3.8, 4) is 0 Å². The van der Waals surface area contributed by atoms with Crippen LogP contribution in [0.3, 0.4) is 0 Å². The van der Waals surface area contributed by atoms with E-state index in [4.69, 9.17) is 10.5 Å². The Balaban J connectivity index is 2.19. The molecule has 0 radical (unpaired) electrons. The molecule has 2 amide bonds. The summed E-state index contributed by atoms with van der Waals surface area (Å²) in [6.07, 6.45) is 1.22. The van der Waals surface area contributed by atoms with E-state index in [1.54, 1.807) is 12.1 Å². The third kappa shape index (κ3) is 3.05. The van der Waals surface area contributed by atoms with E-state index in [1.807, 2.05) is 0 Å². The van der Waals surface area contributed by atoms with Gasteiger partial charge in [-0.3, -0.25) is 9.59 Å². The number of hydrogen-bond donors (Lipinski definition) is 1. The Morgan fingerprint density at radius 3 is 2.86 bits per heavy atom. The minimum absolute atomic E-state index is 0.0382. The summed E-state index contributed by atoms with van der Waals surface area (Å²) in [5.74, 6) is -1.19. The average Bonchev–Trinajstić information content (AvgIpc) is 2.84. The number of primary amides is 1. The summed E-state index contributed by atoms with van der Waals surface area (Å²) >= 11 is 0. The first kappa shape index (κ1) is 15.4. The first-order chi connectivity index (χ1) is 9.99. The highest BCUT2D eigenvalue weighted by Gasteiger charge is 2.48. The summed E-state index contributed by atoms with van der Waals surface area (Å²) in [5, 5.41) is 0. The van der Waals surface area contributed by atoms with Crippen LogP contribution in [0.4, 0.5) is 4.39 Å². The Morgan fingerprint density at radius 2 is 2.24 bits per heavy atom. The molecule has 1 saturated heterocycles. The lowest BCUT2D eigenvalue weighted by Crippen LogP contribution is -2.59. The van der Waals surface area contributed by atoms with E-state index in [1.165, 1.54) is 24.1 Å². The highest BCUT2D eigenvalue weighted by Crippen LogP contribution is 2.30. The van der Waals surface area contributed by atoms with Gasteiger partial charge in [0.1, 0.15) is 11.4 Å². The Bertz CT molecular complexity index is 549. The zero-order valence-electron chi connectivity index (χ0n) is 12.0. The van der Waals surface area contributed by atoms with Crippen molar-refractivity contribution in [1.82, 2.24) is 4.90 Å². The highest BCUT2D eigenvalue weighted by atomic mass is 19.1. The molecule has 1 heterocycles. The smallest absolute Gasteiger partial charge is 0.245 e. The van der Waals surface area contributed by atoms with Gasteiger partial charge in [0.05, 0.1) is 13.0 Å². The summed E-state index contributed by atoms with van der Waals surface area (Å²) < 4.78 is 18.3.